The molecule has 19 heavy (non-hydrogen) atoms. The van der Waals surface area contributed by atoms with Gasteiger partial charge in [-0.3, -0.25) is 9.69 Å². The Balaban J connectivity index is 1.69. The van der Waals surface area contributed by atoms with E-state index in [2.05, 4.69) is 24.1 Å². The molecular weight excluding hydrogens is 236 g/mol. The topological polar surface area (TPSA) is 32.3 Å². The second-order valence-electron chi connectivity index (χ2n) is 6.52. The number of piperidine rings is 1. The Morgan fingerprint density at radius 1 is 1.11 bits per heavy atom. The standard InChI is InChI=1S/C16H30N2O/c1-13(18-10-6-3-7-11-18)12-17-16(19)14(2)15-8-4-5-9-15/h13-15H,3-12H2,1-2H3,(H,17,19). The van der Waals surface area contributed by atoms with Crippen LogP contribution in [-0.4, -0.2) is 36.5 Å². The summed E-state index contributed by atoms with van der Waals surface area (Å²) in [5, 5.41) is 3.18. The number of amides is 1. The van der Waals surface area contributed by atoms with Gasteiger partial charge in [0.2, 0.25) is 5.91 Å². The first-order chi connectivity index (χ1) is 9.18. The van der Waals surface area contributed by atoms with Crippen molar-refractivity contribution in [3.8, 4) is 0 Å². The molecule has 1 aliphatic heterocycles. The summed E-state index contributed by atoms with van der Waals surface area (Å²) in [7, 11) is 0. The predicted octanol–water partition coefficient (Wildman–Crippen LogP) is 2.80. The molecule has 2 fully saturated rings. The lowest BCUT2D eigenvalue weighted by molar-refractivity contribution is -0.126. The first-order valence-electron chi connectivity index (χ1n) is 8.20. The van der Waals surface area contributed by atoms with Crippen LogP contribution in [0.25, 0.3) is 0 Å². The fourth-order valence-electron chi connectivity index (χ4n) is 3.57. The summed E-state index contributed by atoms with van der Waals surface area (Å²) in [6.45, 7) is 7.57. The van der Waals surface area contributed by atoms with Crippen LogP contribution < -0.4 is 5.32 Å². The molecule has 1 N–H and O–H groups in total. The number of nitrogens with zero attached hydrogens (tertiary/aromatic N) is 1. The maximum Gasteiger partial charge on any atom is 0.223 e. The molecular formula is C16H30N2O. The Kier molecular flexibility index (Phi) is 5.68. The highest BCUT2D eigenvalue weighted by atomic mass is 16.1. The van der Waals surface area contributed by atoms with Gasteiger partial charge in [0.05, 0.1) is 0 Å². The average molecular weight is 266 g/mol. The highest BCUT2D eigenvalue weighted by Crippen LogP contribution is 2.31. The summed E-state index contributed by atoms with van der Waals surface area (Å²) in [5.41, 5.74) is 0. The Hall–Kier alpha value is -0.570. The van der Waals surface area contributed by atoms with Crippen molar-refractivity contribution in [1.82, 2.24) is 10.2 Å². The minimum atomic E-state index is 0.205. The van der Waals surface area contributed by atoms with Gasteiger partial charge in [-0.15, -0.1) is 0 Å². The Labute approximate surface area is 118 Å². The highest BCUT2D eigenvalue weighted by molar-refractivity contribution is 5.78. The van der Waals surface area contributed by atoms with Crippen molar-refractivity contribution in [3.05, 3.63) is 0 Å². The lowest BCUT2D eigenvalue weighted by atomic mass is 9.92. The molecule has 2 rings (SSSR count). The van der Waals surface area contributed by atoms with Crippen molar-refractivity contribution in [1.29, 1.82) is 0 Å². The number of hydrogen-bond donors (Lipinski definition) is 1. The van der Waals surface area contributed by atoms with Gasteiger partial charge in [-0.2, -0.15) is 0 Å². The molecule has 1 aliphatic carbocycles. The van der Waals surface area contributed by atoms with Crippen LogP contribution in [0.3, 0.4) is 0 Å². The van der Waals surface area contributed by atoms with E-state index in [4.69, 9.17) is 0 Å². The van der Waals surface area contributed by atoms with Crippen LogP contribution in [0.4, 0.5) is 0 Å². The van der Waals surface area contributed by atoms with Crippen molar-refractivity contribution < 1.29 is 4.79 Å². The van der Waals surface area contributed by atoms with Crippen LogP contribution in [0.15, 0.2) is 0 Å². The van der Waals surface area contributed by atoms with E-state index in [0.717, 1.165) is 6.54 Å². The van der Waals surface area contributed by atoms with Crippen molar-refractivity contribution in [2.75, 3.05) is 19.6 Å². The molecule has 0 bridgehead atoms. The van der Waals surface area contributed by atoms with Crippen LogP contribution in [-0.2, 0) is 4.79 Å². The largest absolute Gasteiger partial charge is 0.354 e. The van der Waals surface area contributed by atoms with E-state index in [1.54, 1.807) is 0 Å². The predicted molar refractivity (Wildman–Crippen MR) is 79.0 cm³/mol. The van der Waals surface area contributed by atoms with Crippen LogP contribution in [0.5, 0.6) is 0 Å². The van der Waals surface area contributed by atoms with Crippen molar-refractivity contribution in [3.63, 3.8) is 0 Å². The van der Waals surface area contributed by atoms with Gasteiger partial charge in [0.25, 0.3) is 0 Å². The van der Waals surface area contributed by atoms with Crippen molar-refractivity contribution >= 4 is 5.91 Å². The van der Waals surface area contributed by atoms with Crippen molar-refractivity contribution in [2.24, 2.45) is 11.8 Å². The molecule has 110 valence electrons. The minimum Gasteiger partial charge on any atom is -0.354 e. The van der Waals surface area contributed by atoms with Crippen molar-refractivity contribution in [2.45, 2.75) is 64.8 Å². The molecule has 1 saturated heterocycles. The Bertz CT molecular complexity index is 280. The molecule has 2 aliphatic rings. The summed E-state index contributed by atoms with van der Waals surface area (Å²) in [4.78, 5) is 14.7. The summed E-state index contributed by atoms with van der Waals surface area (Å²) in [6, 6.07) is 0.486. The molecule has 3 heteroatoms. The third-order valence-electron chi connectivity index (χ3n) is 5.11. The normalized spacial score (nSPS) is 25.2. The maximum atomic E-state index is 12.2. The number of hydrogen-bond acceptors (Lipinski definition) is 2. The van der Waals surface area contributed by atoms with E-state index >= 15 is 0 Å². The lowest BCUT2D eigenvalue weighted by Crippen LogP contribution is -2.45. The quantitative estimate of drug-likeness (QED) is 0.830. The van der Waals surface area contributed by atoms with Gasteiger partial charge in [-0.25, -0.2) is 0 Å². The molecule has 1 saturated carbocycles. The maximum absolute atomic E-state index is 12.2. The molecule has 0 aromatic rings. The third-order valence-corrected chi connectivity index (χ3v) is 5.11. The number of nitrogens with one attached hydrogen (secondary N) is 1. The van der Waals surface area contributed by atoms with Gasteiger partial charge in [-0.1, -0.05) is 26.2 Å². The first kappa shape index (κ1) is 14.8. The molecule has 0 aromatic heterocycles. The van der Waals surface area contributed by atoms with Gasteiger partial charge >= 0.3 is 0 Å². The second kappa shape index (κ2) is 7.28. The molecule has 2 unspecified atom stereocenters. The first-order valence-corrected chi connectivity index (χ1v) is 8.20. The van der Waals surface area contributed by atoms with Gasteiger partial charge in [0.1, 0.15) is 0 Å². The zero-order chi connectivity index (χ0) is 13.7. The lowest BCUT2D eigenvalue weighted by Gasteiger charge is -2.32. The fourth-order valence-corrected chi connectivity index (χ4v) is 3.57. The molecule has 0 spiro atoms. The van der Waals surface area contributed by atoms with E-state index in [9.17, 15) is 4.79 Å². The zero-order valence-electron chi connectivity index (χ0n) is 12.7. The third kappa shape index (κ3) is 4.20. The molecule has 0 radical (unpaired) electrons. The minimum absolute atomic E-state index is 0.205. The van der Waals surface area contributed by atoms with Gasteiger partial charge < -0.3 is 5.32 Å². The average Bonchev–Trinajstić information content (AvgIpc) is 2.98. The second-order valence-corrected chi connectivity index (χ2v) is 6.52. The summed E-state index contributed by atoms with van der Waals surface area (Å²) in [6.07, 6.45) is 9.12. The smallest absolute Gasteiger partial charge is 0.223 e. The highest BCUT2D eigenvalue weighted by Gasteiger charge is 2.27. The number of rotatable bonds is 5. The molecule has 1 heterocycles. The monoisotopic (exact) mass is 266 g/mol. The van der Waals surface area contributed by atoms with Gasteiger partial charge in [-0.05, 0) is 51.6 Å². The van der Waals surface area contributed by atoms with E-state index in [0.29, 0.717) is 12.0 Å². The van der Waals surface area contributed by atoms with E-state index in [1.807, 2.05) is 0 Å². The number of likely N-dealkylation sites (tertiary alicyclic amines) is 1. The van der Waals surface area contributed by atoms with Crippen LogP contribution in [0.2, 0.25) is 0 Å². The zero-order valence-corrected chi connectivity index (χ0v) is 12.7. The van der Waals surface area contributed by atoms with Gasteiger partial charge in [0.15, 0.2) is 0 Å². The Morgan fingerprint density at radius 3 is 2.37 bits per heavy atom. The SMILES string of the molecule is CC(C(=O)NCC(C)N1CCCCC1)C1CCCC1. The molecule has 2 atom stereocenters. The summed E-state index contributed by atoms with van der Waals surface area (Å²) < 4.78 is 0. The Morgan fingerprint density at radius 2 is 1.74 bits per heavy atom. The van der Waals surface area contributed by atoms with E-state index < -0.39 is 0 Å². The van der Waals surface area contributed by atoms with E-state index in [-0.39, 0.29) is 11.8 Å². The van der Waals surface area contributed by atoms with E-state index in [1.165, 1.54) is 58.0 Å². The van der Waals surface area contributed by atoms with Gasteiger partial charge in [0, 0.05) is 18.5 Å². The molecule has 3 nitrogen and oxygen atoms in total. The van der Waals surface area contributed by atoms with Crippen LogP contribution in [0.1, 0.15) is 58.8 Å². The van der Waals surface area contributed by atoms with Crippen LogP contribution in [0, 0.1) is 11.8 Å². The summed E-state index contributed by atoms with van der Waals surface area (Å²) in [5.74, 6) is 1.11. The summed E-state index contributed by atoms with van der Waals surface area (Å²) >= 11 is 0. The number of carbonyl (C=O) groups is 1. The fraction of sp³-hybridized carbons (Fsp3) is 0.938. The van der Waals surface area contributed by atoms with Crippen LogP contribution >= 0.6 is 0 Å². The molecule has 0 aromatic carbocycles. The molecule has 1 amide bonds. The number of carbonyl (C=O) groups excluding carboxylic acids is 1.